The molecule has 0 amide bonds. The largest absolute Gasteiger partial charge is 0.353 e. The van der Waals surface area contributed by atoms with E-state index in [0.29, 0.717) is 11.1 Å². The van der Waals surface area contributed by atoms with E-state index in [1.54, 1.807) is 30.0 Å². The van der Waals surface area contributed by atoms with Crippen molar-refractivity contribution in [3.63, 3.8) is 0 Å². The number of dihydropyridines is 1. The maximum Gasteiger partial charge on any atom is 0.158 e. The molecule has 1 aromatic heterocycles. The maximum atomic E-state index is 12.2. The highest BCUT2D eigenvalue weighted by Gasteiger charge is 2.34. The number of hydrogen-bond donors (Lipinski definition) is 1. The van der Waals surface area contributed by atoms with Crippen molar-refractivity contribution in [3.05, 3.63) is 55.9 Å². The summed E-state index contributed by atoms with van der Waals surface area (Å²) in [5.74, 6) is 0.549. The van der Waals surface area contributed by atoms with Crippen LogP contribution in [0.1, 0.15) is 37.1 Å². The predicted octanol–water partition coefficient (Wildman–Crippen LogP) is 4.65. The zero-order valence-corrected chi connectivity index (χ0v) is 15.4. The van der Waals surface area contributed by atoms with E-state index in [1.165, 1.54) is 0 Å². The quantitative estimate of drug-likeness (QED) is 0.790. The van der Waals surface area contributed by atoms with Crippen LogP contribution in [0.5, 0.6) is 0 Å². The number of nitrogens with zero attached hydrogens (tertiary/aromatic N) is 1. The molecular weight excluding hydrogens is 324 g/mol. The molecular formula is C18H20N2OS2. The average Bonchev–Trinajstić information content (AvgIpc) is 2.92. The van der Waals surface area contributed by atoms with Crippen LogP contribution in [0, 0.1) is 18.3 Å². The molecule has 0 spiro atoms. The van der Waals surface area contributed by atoms with Crippen LogP contribution in [0.15, 0.2) is 45.5 Å². The van der Waals surface area contributed by atoms with E-state index >= 15 is 0 Å². The van der Waals surface area contributed by atoms with Crippen molar-refractivity contribution in [1.29, 1.82) is 5.26 Å². The summed E-state index contributed by atoms with van der Waals surface area (Å²) >= 11 is 3.20. The molecule has 23 heavy (non-hydrogen) atoms. The lowest BCUT2D eigenvalue weighted by Gasteiger charge is -2.28. The van der Waals surface area contributed by atoms with Gasteiger partial charge in [0.25, 0.3) is 0 Å². The van der Waals surface area contributed by atoms with E-state index in [-0.39, 0.29) is 11.7 Å². The summed E-state index contributed by atoms with van der Waals surface area (Å²) in [4.78, 5) is 13.3. The predicted molar refractivity (Wildman–Crippen MR) is 98.2 cm³/mol. The minimum absolute atomic E-state index is 0.0121. The van der Waals surface area contributed by atoms with Gasteiger partial charge in [-0.15, -0.1) is 23.1 Å². The molecule has 1 atom stereocenters. The summed E-state index contributed by atoms with van der Waals surface area (Å²) in [6.45, 7) is 7.49. The highest BCUT2D eigenvalue weighted by Crippen LogP contribution is 2.43. The lowest BCUT2D eigenvalue weighted by atomic mass is 9.84. The summed E-state index contributed by atoms with van der Waals surface area (Å²) in [5, 5.41) is 15.9. The Kier molecular flexibility index (Phi) is 5.86. The first-order valence-electron chi connectivity index (χ1n) is 7.42. The van der Waals surface area contributed by atoms with Crippen molar-refractivity contribution in [2.75, 3.05) is 5.75 Å². The molecule has 2 rings (SSSR count). The third kappa shape index (κ3) is 3.60. The Morgan fingerprint density at radius 2 is 2.26 bits per heavy atom. The van der Waals surface area contributed by atoms with E-state index in [9.17, 15) is 10.1 Å². The van der Waals surface area contributed by atoms with E-state index < -0.39 is 0 Å². The maximum absolute atomic E-state index is 12.2. The van der Waals surface area contributed by atoms with Gasteiger partial charge in [-0.3, -0.25) is 4.79 Å². The van der Waals surface area contributed by atoms with Crippen LogP contribution in [-0.4, -0.2) is 11.5 Å². The number of thiophene rings is 1. The first-order valence-corrected chi connectivity index (χ1v) is 9.28. The number of thioether (sulfide) groups is 1. The second kappa shape index (κ2) is 7.67. The number of ketones is 1. The highest BCUT2D eigenvalue weighted by atomic mass is 32.2. The lowest BCUT2D eigenvalue weighted by Crippen LogP contribution is -2.27. The van der Waals surface area contributed by atoms with Gasteiger partial charge in [0.1, 0.15) is 0 Å². The van der Waals surface area contributed by atoms with Crippen molar-refractivity contribution in [2.45, 2.75) is 33.6 Å². The van der Waals surface area contributed by atoms with Crippen LogP contribution in [0.2, 0.25) is 0 Å². The van der Waals surface area contributed by atoms with Crippen LogP contribution >= 0.6 is 23.1 Å². The normalized spacial score (nSPS) is 18.3. The fraction of sp³-hybridized carbons (Fsp3) is 0.333. The molecule has 1 aromatic rings. The Hall–Kier alpha value is -1.77. The van der Waals surface area contributed by atoms with Gasteiger partial charge in [-0.05, 0) is 44.7 Å². The van der Waals surface area contributed by atoms with Gasteiger partial charge >= 0.3 is 0 Å². The lowest BCUT2D eigenvalue weighted by molar-refractivity contribution is -0.113. The molecule has 3 nitrogen and oxygen atoms in total. The summed E-state index contributed by atoms with van der Waals surface area (Å²) in [6, 6.07) is 4.38. The van der Waals surface area contributed by atoms with Crippen molar-refractivity contribution in [3.8, 4) is 6.07 Å². The molecule has 0 saturated heterocycles. The topological polar surface area (TPSA) is 52.9 Å². The van der Waals surface area contributed by atoms with Gasteiger partial charge in [0.2, 0.25) is 0 Å². The molecule has 0 fully saturated rings. The Morgan fingerprint density at radius 1 is 1.52 bits per heavy atom. The molecule has 0 bridgehead atoms. The Labute approximate surface area is 145 Å². The Balaban J connectivity index is 2.56. The monoisotopic (exact) mass is 344 g/mol. The SMILES string of the molecule is CC=CCSC1=C(C#N)C(c2sccc2C)C(C(C)=O)=C(C)N1. The molecule has 0 saturated carbocycles. The minimum Gasteiger partial charge on any atom is -0.353 e. The fourth-order valence-electron chi connectivity index (χ4n) is 2.66. The summed E-state index contributed by atoms with van der Waals surface area (Å²) < 4.78 is 0. The molecule has 0 aromatic carbocycles. The minimum atomic E-state index is -0.258. The molecule has 1 aliphatic heterocycles. The molecule has 120 valence electrons. The highest BCUT2D eigenvalue weighted by molar-refractivity contribution is 8.03. The van der Waals surface area contributed by atoms with Gasteiger partial charge in [0.15, 0.2) is 5.78 Å². The zero-order valence-electron chi connectivity index (χ0n) is 13.8. The second-order valence-corrected chi connectivity index (χ2v) is 7.33. The van der Waals surface area contributed by atoms with Gasteiger partial charge in [-0.25, -0.2) is 0 Å². The van der Waals surface area contributed by atoms with Gasteiger partial charge in [0, 0.05) is 21.9 Å². The first-order chi connectivity index (χ1) is 11.0. The molecule has 1 N–H and O–H groups in total. The third-order valence-corrected chi connectivity index (χ3v) is 5.80. The average molecular weight is 345 g/mol. The number of carbonyl (C=O) groups is 1. The fourth-order valence-corrected chi connectivity index (χ4v) is 4.71. The van der Waals surface area contributed by atoms with E-state index in [1.807, 2.05) is 38.3 Å². The van der Waals surface area contributed by atoms with Crippen LogP contribution < -0.4 is 5.32 Å². The van der Waals surface area contributed by atoms with Crippen LogP contribution in [-0.2, 0) is 4.79 Å². The van der Waals surface area contributed by atoms with Crippen LogP contribution in [0.25, 0.3) is 0 Å². The first kappa shape index (κ1) is 17.6. The van der Waals surface area contributed by atoms with Gasteiger partial charge in [0.05, 0.1) is 22.6 Å². The van der Waals surface area contributed by atoms with Crippen LogP contribution in [0.4, 0.5) is 0 Å². The summed E-state index contributed by atoms with van der Waals surface area (Å²) in [7, 11) is 0. The summed E-state index contributed by atoms with van der Waals surface area (Å²) in [5.41, 5.74) is 3.31. The molecule has 1 aliphatic rings. The standard InChI is InChI=1S/C18H20N2OS2/c1-5-6-8-23-18-14(10-19)16(17-11(2)7-9-22-17)15(13(4)21)12(3)20-18/h5-7,9,16,20H,8H2,1-4H3. The molecule has 2 heterocycles. The van der Waals surface area contributed by atoms with Crippen molar-refractivity contribution < 1.29 is 4.79 Å². The second-order valence-electron chi connectivity index (χ2n) is 5.36. The Bertz CT molecular complexity index is 747. The van der Waals surface area contributed by atoms with Crippen molar-refractivity contribution >= 4 is 28.9 Å². The van der Waals surface area contributed by atoms with Gasteiger partial charge < -0.3 is 5.32 Å². The van der Waals surface area contributed by atoms with E-state index in [2.05, 4.69) is 17.5 Å². The summed E-state index contributed by atoms with van der Waals surface area (Å²) in [6.07, 6.45) is 4.05. The molecule has 1 unspecified atom stereocenters. The number of nitriles is 1. The van der Waals surface area contributed by atoms with Crippen molar-refractivity contribution in [2.24, 2.45) is 0 Å². The van der Waals surface area contributed by atoms with E-state index in [0.717, 1.165) is 26.9 Å². The number of Topliss-reactive ketones (excluding diaryl/α,β-unsaturated/α-hetero) is 1. The zero-order chi connectivity index (χ0) is 17.0. The van der Waals surface area contributed by atoms with Crippen molar-refractivity contribution in [1.82, 2.24) is 5.32 Å². The number of allylic oxidation sites excluding steroid dienone is 4. The number of nitrogens with one attached hydrogen (secondary N) is 1. The number of carbonyl (C=O) groups excluding carboxylic acids is 1. The van der Waals surface area contributed by atoms with Crippen LogP contribution in [0.3, 0.4) is 0 Å². The van der Waals surface area contributed by atoms with E-state index in [4.69, 9.17) is 0 Å². The number of rotatable bonds is 5. The van der Waals surface area contributed by atoms with Gasteiger partial charge in [-0.1, -0.05) is 12.2 Å². The number of hydrogen-bond acceptors (Lipinski definition) is 5. The molecule has 5 heteroatoms. The Morgan fingerprint density at radius 3 is 2.78 bits per heavy atom. The molecule has 0 radical (unpaired) electrons. The van der Waals surface area contributed by atoms with Gasteiger partial charge in [-0.2, -0.15) is 5.26 Å². The third-order valence-electron chi connectivity index (χ3n) is 3.75. The molecule has 0 aliphatic carbocycles. The smallest absolute Gasteiger partial charge is 0.158 e. The number of aryl methyl sites for hydroxylation is 1.